The number of rotatable bonds is 6. The van der Waals surface area contributed by atoms with Crippen LogP contribution in [0.5, 0.6) is 0 Å². The molecule has 0 amide bonds. The molecule has 2 rings (SSSR count). The van der Waals surface area contributed by atoms with Gasteiger partial charge in [-0.15, -0.1) is 0 Å². The maximum atomic E-state index is 5.68. The van der Waals surface area contributed by atoms with Crippen molar-refractivity contribution in [3.8, 4) is 0 Å². The first-order chi connectivity index (χ1) is 8.31. The summed E-state index contributed by atoms with van der Waals surface area (Å²) in [7, 11) is 0. The first-order valence-electron chi connectivity index (χ1n) is 6.65. The lowest BCUT2D eigenvalue weighted by Gasteiger charge is -2.20. The Hall–Kier alpha value is -0.870. The Morgan fingerprint density at radius 3 is 3.24 bits per heavy atom. The summed E-state index contributed by atoms with van der Waals surface area (Å²) in [4.78, 5) is 4.21. The van der Waals surface area contributed by atoms with Gasteiger partial charge in [0, 0.05) is 31.9 Å². The molecule has 0 aromatic carbocycles. The Kier molecular flexibility index (Phi) is 4.57. The zero-order valence-electron chi connectivity index (χ0n) is 10.9. The van der Waals surface area contributed by atoms with Crippen LogP contribution in [0, 0.1) is 0 Å². The van der Waals surface area contributed by atoms with Gasteiger partial charge in [-0.05, 0) is 26.2 Å². The molecular formula is C13H23N3O. The van der Waals surface area contributed by atoms with E-state index >= 15 is 0 Å². The standard InChI is InChI=1S/C13H23N3O/c1-3-6-16-10-14-8-12(16)9-15-11(2)13-5-4-7-17-13/h8,10-11,13,15H,3-7,9H2,1-2H3. The van der Waals surface area contributed by atoms with Gasteiger partial charge in [0.05, 0.1) is 18.1 Å². The number of hydrogen-bond acceptors (Lipinski definition) is 3. The summed E-state index contributed by atoms with van der Waals surface area (Å²) in [6.07, 6.45) is 7.78. The van der Waals surface area contributed by atoms with Crippen molar-refractivity contribution in [1.82, 2.24) is 14.9 Å². The number of nitrogens with zero attached hydrogens (tertiary/aromatic N) is 2. The molecule has 2 unspecified atom stereocenters. The highest BCUT2D eigenvalue weighted by Gasteiger charge is 2.21. The van der Waals surface area contributed by atoms with Crippen LogP contribution in [0.1, 0.15) is 38.8 Å². The molecule has 1 saturated heterocycles. The molecular weight excluding hydrogens is 214 g/mol. The van der Waals surface area contributed by atoms with Crippen LogP contribution in [0.25, 0.3) is 0 Å². The number of aromatic nitrogens is 2. The van der Waals surface area contributed by atoms with E-state index in [-0.39, 0.29) is 0 Å². The molecule has 1 aliphatic heterocycles. The summed E-state index contributed by atoms with van der Waals surface area (Å²) < 4.78 is 7.89. The predicted octanol–water partition coefficient (Wildman–Crippen LogP) is 1.95. The molecule has 4 heteroatoms. The molecule has 1 fully saturated rings. The van der Waals surface area contributed by atoms with E-state index < -0.39 is 0 Å². The Morgan fingerprint density at radius 1 is 1.65 bits per heavy atom. The average molecular weight is 237 g/mol. The van der Waals surface area contributed by atoms with Crippen LogP contribution in [0.3, 0.4) is 0 Å². The highest BCUT2D eigenvalue weighted by Crippen LogP contribution is 2.15. The van der Waals surface area contributed by atoms with E-state index in [0.717, 1.165) is 26.1 Å². The maximum Gasteiger partial charge on any atom is 0.0948 e. The predicted molar refractivity (Wildman–Crippen MR) is 67.8 cm³/mol. The summed E-state index contributed by atoms with van der Waals surface area (Å²) in [5, 5.41) is 3.54. The Balaban J connectivity index is 1.81. The van der Waals surface area contributed by atoms with E-state index in [1.165, 1.54) is 18.5 Å². The van der Waals surface area contributed by atoms with Crippen LogP contribution in [-0.2, 0) is 17.8 Å². The van der Waals surface area contributed by atoms with Crippen molar-refractivity contribution in [2.75, 3.05) is 6.61 Å². The molecule has 0 saturated carbocycles. The van der Waals surface area contributed by atoms with Crippen molar-refractivity contribution >= 4 is 0 Å². The fourth-order valence-corrected chi connectivity index (χ4v) is 2.33. The largest absolute Gasteiger partial charge is 0.377 e. The van der Waals surface area contributed by atoms with E-state index in [1.54, 1.807) is 0 Å². The highest BCUT2D eigenvalue weighted by molar-refractivity contribution is 4.98. The van der Waals surface area contributed by atoms with Crippen molar-refractivity contribution in [1.29, 1.82) is 0 Å². The fourth-order valence-electron chi connectivity index (χ4n) is 2.33. The third-order valence-electron chi connectivity index (χ3n) is 3.39. The number of ether oxygens (including phenoxy) is 1. The number of hydrogen-bond donors (Lipinski definition) is 1. The molecule has 2 heterocycles. The summed E-state index contributed by atoms with van der Waals surface area (Å²) >= 11 is 0. The molecule has 0 radical (unpaired) electrons. The highest BCUT2D eigenvalue weighted by atomic mass is 16.5. The second kappa shape index (κ2) is 6.17. The molecule has 0 spiro atoms. The van der Waals surface area contributed by atoms with Crippen molar-refractivity contribution in [3.63, 3.8) is 0 Å². The van der Waals surface area contributed by atoms with Crippen molar-refractivity contribution in [3.05, 3.63) is 18.2 Å². The number of nitrogens with one attached hydrogen (secondary N) is 1. The van der Waals surface area contributed by atoms with Crippen LogP contribution < -0.4 is 5.32 Å². The monoisotopic (exact) mass is 237 g/mol. The van der Waals surface area contributed by atoms with Crippen LogP contribution in [0.2, 0.25) is 0 Å². The molecule has 96 valence electrons. The maximum absolute atomic E-state index is 5.68. The number of aryl methyl sites for hydroxylation is 1. The molecule has 4 nitrogen and oxygen atoms in total. The summed E-state index contributed by atoms with van der Waals surface area (Å²) in [5.41, 5.74) is 1.26. The van der Waals surface area contributed by atoms with E-state index in [0.29, 0.717) is 12.1 Å². The minimum Gasteiger partial charge on any atom is -0.377 e. The van der Waals surface area contributed by atoms with Crippen LogP contribution >= 0.6 is 0 Å². The zero-order chi connectivity index (χ0) is 12.1. The van der Waals surface area contributed by atoms with Gasteiger partial charge in [0.25, 0.3) is 0 Å². The van der Waals surface area contributed by atoms with Crippen LogP contribution in [-0.4, -0.2) is 28.3 Å². The van der Waals surface area contributed by atoms with E-state index in [2.05, 4.69) is 28.7 Å². The van der Waals surface area contributed by atoms with Gasteiger partial charge in [0.2, 0.25) is 0 Å². The van der Waals surface area contributed by atoms with Gasteiger partial charge in [-0.3, -0.25) is 0 Å². The SMILES string of the molecule is CCCn1cncc1CNC(C)C1CCCO1. The molecule has 1 N–H and O–H groups in total. The van der Waals surface area contributed by atoms with Gasteiger partial charge in [0.1, 0.15) is 0 Å². The Bertz CT molecular complexity index is 331. The Labute approximate surface area is 103 Å². The molecule has 0 aliphatic carbocycles. The van der Waals surface area contributed by atoms with Crippen molar-refractivity contribution in [2.24, 2.45) is 0 Å². The first-order valence-corrected chi connectivity index (χ1v) is 6.65. The molecule has 17 heavy (non-hydrogen) atoms. The lowest BCUT2D eigenvalue weighted by molar-refractivity contribution is 0.0830. The van der Waals surface area contributed by atoms with Crippen LogP contribution in [0.15, 0.2) is 12.5 Å². The van der Waals surface area contributed by atoms with E-state index in [4.69, 9.17) is 4.74 Å². The minimum absolute atomic E-state index is 0.387. The molecule has 1 aliphatic rings. The van der Waals surface area contributed by atoms with Gasteiger partial charge in [-0.25, -0.2) is 4.98 Å². The second-order valence-corrected chi connectivity index (χ2v) is 4.80. The summed E-state index contributed by atoms with van der Waals surface area (Å²) in [6, 6.07) is 0.419. The molecule has 0 bridgehead atoms. The number of imidazole rings is 1. The first kappa shape index (κ1) is 12.6. The van der Waals surface area contributed by atoms with Crippen molar-refractivity contribution < 1.29 is 4.74 Å². The van der Waals surface area contributed by atoms with Gasteiger partial charge >= 0.3 is 0 Å². The zero-order valence-corrected chi connectivity index (χ0v) is 10.9. The lowest BCUT2D eigenvalue weighted by Crippen LogP contribution is -2.36. The smallest absolute Gasteiger partial charge is 0.0948 e. The lowest BCUT2D eigenvalue weighted by atomic mass is 10.1. The average Bonchev–Trinajstić information content (AvgIpc) is 2.97. The van der Waals surface area contributed by atoms with Crippen LogP contribution in [0.4, 0.5) is 0 Å². The van der Waals surface area contributed by atoms with Gasteiger partial charge in [0.15, 0.2) is 0 Å². The molecule has 1 aromatic rings. The second-order valence-electron chi connectivity index (χ2n) is 4.80. The minimum atomic E-state index is 0.387. The quantitative estimate of drug-likeness (QED) is 0.822. The normalized spacial score (nSPS) is 21.9. The topological polar surface area (TPSA) is 39.1 Å². The third kappa shape index (κ3) is 3.30. The van der Waals surface area contributed by atoms with E-state index in [9.17, 15) is 0 Å². The van der Waals surface area contributed by atoms with Gasteiger partial charge < -0.3 is 14.6 Å². The third-order valence-corrected chi connectivity index (χ3v) is 3.39. The summed E-state index contributed by atoms with van der Waals surface area (Å²) in [6.45, 7) is 7.24. The molecule has 2 atom stereocenters. The fraction of sp³-hybridized carbons (Fsp3) is 0.769. The Morgan fingerprint density at radius 2 is 2.53 bits per heavy atom. The van der Waals surface area contributed by atoms with Gasteiger partial charge in [-0.1, -0.05) is 6.92 Å². The molecule has 1 aromatic heterocycles. The van der Waals surface area contributed by atoms with Gasteiger partial charge in [-0.2, -0.15) is 0 Å². The summed E-state index contributed by atoms with van der Waals surface area (Å²) in [5.74, 6) is 0. The van der Waals surface area contributed by atoms with E-state index in [1.807, 2.05) is 12.5 Å². The van der Waals surface area contributed by atoms with Crippen molar-refractivity contribution in [2.45, 2.75) is 58.3 Å².